The molecule has 0 N–H and O–H groups in total. The summed E-state index contributed by atoms with van der Waals surface area (Å²) in [5.74, 6) is 1.34. The van der Waals surface area contributed by atoms with E-state index in [-0.39, 0.29) is 11.9 Å². The van der Waals surface area contributed by atoms with Crippen molar-refractivity contribution in [3.05, 3.63) is 29.8 Å². The summed E-state index contributed by atoms with van der Waals surface area (Å²) in [4.78, 5) is 14.8. The summed E-state index contributed by atoms with van der Waals surface area (Å²) in [6, 6.07) is 8.53. The molecule has 1 aromatic carbocycles. The predicted molar refractivity (Wildman–Crippen MR) is 85.4 cm³/mol. The zero-order valence-corrected chi connectivity index (χ0v) is 13.8. The highest BCUT2D eigenvalue weighted by Gasteiger charge is 2.38. The van der Waals surface area contributed by atoms with Gasteiger partial charge in [-0.2, -0.15) is 0 Å². The van der Waals surface area contributed by atoms with E-state index in [1.54, 1.807) is 0 Å². The van der Waals surface area contributed by atoms with E-state index < -0.39 is 6.10 Å². The van der Waals surface area contributed by atoms with E-state index in [9.17, 15) is 4.79 Å². The summed E-state index contributed by atoms with van der Waals surface area (Å²) < 4.78 is 5.85. The number of hydrogen-bond acceptors (Lipinski definition) is 2. The molecule has 2 unspecified atom stereocenters. The molecule has 3 nitrogen and oxygen atoms in total. The molecule has 1 amide bonds. The fourth-order valence-corrected chi connectivity index (χ4v) is 2.54. The maximum Gasteiger partial charge on any atom is 0.263 e. The van der Waals surface area contributed by atoms with Crippen LogP contribution in [0.2, 0.25) is 0 Å². The molecule has 0 aromatic heterocycles. The average molecular weight is 289 g/mol. The molecule has 3 heteroatoms. The van der Waals surface area contributed by atoms with E-state index in [0.717, 1.165) is 24.2 Å². The van der Waals surface area contributed by atoms with E-state index in [1.165, 1.54) is 0 Å². The number of carbonyl (C=O) groups excluding carboxylic acids is 1. The van der Waals surface area contributed by atoms with Crippen LogP contribution in [0.5, 0.6) is 5.75 Å². The van der Waals surface area contributed by atoms with Gasteiger partial charge < -0.3 is 9.64 Å². The molecule has 1 aliphatic rings. The van der Waals surface area contributed by atoms with Gasteiger partial charge in [-0.3, -0.25) is 4.79 Å². The molecular weight excluding hydrogens is 262 g/mol. The largest absolute Gasteiger partial charge is 0.481 e. The van der Waals surface area contributed by atoms with Crippen LogP contribution in [-0.4, -0.2) is 29.0 Å². The second kappa shape index (κ2) is 6.50. The van der Waals surface area contributed by atoms with Crippen molar-refractivity contribution in [3.63, 3.8) is 0 Å². The third-order valence-electron chi connectivity index (χ3n) is 4.25. The van der Waals surface area contributed by atoms with Crippen molar-refractivity contribution >= 4 is 5.91 Å². The van der Waals surface area contributed by atoms with E-state index in [4.69, 9.17) is 4.74 Å². The van der Waals surface area contributed by atoms with Crippen LogP contribution in [0.15, 0.2) is 24.3 Å². The van der Waals surface area contributed by atoms with Crippen molar-refractivity contribution in [1.82, 2.24) is 4.90 Å². The number of amides is 1. The average Bonchev–Trinajstić information content (AvgIpc) is 3.23. The van der Waals surface area contributed by atoms with Crippen molar-refractivity contribution in [2.24, 2.45) is 5.92 Å². The van der Waals surface area contributed by atoms with Gasteiger partial charge in [0, 0.05) is 12.1 Å². The van der Waals surface area contributed by atoms with Crippen LogP contribution in [0.3, 0.4) is 0 Å². The first-order valence-electron chi connectivity index (χ1n) is 7.95. The number of hydrogen-bond donors (Lipinski definition) is 0. The lowest BCUT2D eigenvalue weighted by molar-refractivity contribution is -0.141. The Morgan fingerprint density at radius 1 is 1.24 bits per heavy atom. The molecule has 1 aromatic rings. The summed E-state index contributed by atoms with van der Waals surface area (Å²) in [6.07, 6.45) is 1.81. The Morgan fingerprint density at radius 2 is 1.90 bits per heavy atom. The number of ether oxygens (including phenoxy) is 1. The van der Waals surface area contributed by atoms with Crippen molar-refractivity contribution in [3.8, 4) is 5.75 Å². The summed E-state index contributed by atoms with van der Waals surface area (Å²) >= 11 is 0. The smallest absolute Gasteiger partial charge is 0.263 e. The Morgan fingerprint density at radius 3 is 2.43 bits per heavy atom. The van der Waals surface area contributed by atoms with Crippen molar-refractivity contribution in [2.45, 2.75) is 65.6 Å². The molecule has 0 spiro atoms. The maximum atomic E-state index is 12.8. The Balaban J connectivity index is 2.06. The van der Waals surface area contributed by atoms with Crippen LogP contribution in [-0.2, 0) is 4.79 Å². The molecule has 1 saturated carbocycles. The van der Waals surface area contributed by atoms with Crippen LogP contribution in [0.4, 0.5) is 0 Å². The van der Waals surface area contributed by atoms with Crippen LogP contribution in [0.1, 0.15) is 46.1 Å². The zero-order valence-electron chi connectivity index (χ0n) is 13.8. The van der Waals surface area contributed by atoms with Crippen LogP contribution >= 0.6 is 0 Å². The van der Waals surface area contributed by atoms with Crippen molar-refractivity contribution in [1.29, 1.82) is 0 Å². The molecule has 2 atom stereocenters. The van der Waals surface area contributed by atoms with Gasteiger partial charge in [-0.1, -0.05) is 26.0 Å². The Kier molecular flexibility index (Phi) is 4.92. The second-order valence-electron chi connectivity index (χ2n) is 6.54. The quantitative estimate of drug-likeness (QED) is 0.797. The number of carbonyl (C=O) groups is 1. The number of rotatable bonds is 6. The minimum Gasteiger partial charge on any atom is -0.481 e. The van der Waals surface area contributed by atoms with Crippen LogP contribution in [0, 0.1) is 12.8 Å². The summed E-state index contributed by atoms with van der Waals surface area (Å²) in [5.41, 5.74) is 1.14. The summed E-state index contributed by atoms with van der Waals surface area (Å²) in [7, 11) is 0. The zero-order chi connectivity index (χ0) is 15.6. The fourth-order valence-electron chi connectivity index (χ4n) is 2.54. The van der Waals surface area contributed by atoms with Gasteiger partial charge in [0.15, 0.2) is 6.10 Å². The molecule has 21 heavy (non-hydrogen) atoms. The number of benzene rings is 1. The molecule has 0 bridgehead atoms. The topological polar surface area (TPSA) is 29.5 Å². The highest BCUT2D eigenvalue weighted by atomic mass is 16.5. The molecule has 0 radical (unpaired) electrons. The molecule has 1 aliphatic carbocycles. The molecule has 2 rings (SSSR count). The number of nitrogens with zero attached hydrogens (tertiary/aromatic N) is 1. The monoisotopic (exact) mass is 289 g/mol. The molecule has 116 valence electrons. The lowest BCUT2D eigenvalue weighted by atomic mass is 10.0. The van der Waals surface area contributed by atoms with E-state index in [1.807, 2.05) is 43.0 Å². The summed E-state index contributed by atoms with van der Waals surface area (Å²) in [6.45, 7) is 10.4. The predicted octanol–water partition coefficient (Wildman–Crippen LogP) is 3.80. The van der Waals surface area contributed by atoms with Gasteiger partial charge in [-0.15, -0.1) is 0 Å². The second-order valence-corrected chi connectivity index (χ2v) is 6.54. The van der Waals surface area contributed by atoms with Gasteiger partial charge >= 0.3 is 0 Å². The highest BCUT2D eigenvalue weighted by Crippen LogP contribution is 2.31. The standard InChI is InChI=1S/C18H27NO2/c1-12(2)14(4)19(16-9-10-16)18(20)15(5)21-17-8-6-7-13(3)11-17/h6-8,11-12,14-16H,9-10H2,1-5H3. The van der Waals surface area contributed by atoms with Crippen LogP contribution in [0.25, 0.3) is 0 Å². The minimum absolute atomic E-state index is 0.111. The van der Waals surface area contributed by atoms with Crippen molar-refractivity contribution in [2.75, 3.05) is 0 Å². The highest BCUT2D eigenvalue weighted by molar-refractivity contribution is 5.81. The molecule has 0 aliphatic heterocycles. The fraction of sp³-hybridized carbons (Fsp3) is 0.611. The number of aryl methyl sites for hydroxylation is 1. The van der Waals surface area contributed by atoms with E-state index in [0.29, 0.717) is 12.0 Å². The minimum atomic E-state index is -0.436. The third kappa shape index (κ3) is 3.99. The first-order valence-corrected chi connectivity index (χ1v) is 7.95. The van der Waals surface area contributed by atoms with E-state index in [2.05, 4.69) is 20.8 Å². The van der Waals surface area contributed by atoms with Gasteiger partial charge in [0.25, 0.3) is 5.91 Å². The summed E-state index contributed by atoms with van der Waals surface area (Å²) in [5, 5.41) is 0. The van der Waals surface area contributed by atoms with Gasteiger partial charge in [-0.05, 0) is 57.2 Å². The van der Waals surface area contributed by atoms with Gasteiger partial charge in [0.05, 0.1) is 0 Å². The van der Waals surface area contributed by atoms with E-state index >= 15 is 0 Å². The molecule has 0 saturated heterocycles. The maximum absolute atomic E-state index is 12.8. The molecule has 1 fully saturated rings. The SMILES string of the molecule is Cc1cccc(OC(C)C(=O)N(C2CC2)C(C)C(C)C)c1. The van der Waals surface area contributed by atoms with Gasteiger partial charge in [0.1, 0.15) is 5.75 Å². The third-order valence-corrected chi connectivity index (χ3v) is 4.25. The Labute approximate surface area is 128 Å². The lowest BCUT2D eigenvalue weighted by Gasteiger charge is -2.34. The Hall–Kier alpha value is -1.51. The van der Waals surface area contributed by atoms with Gasteiger partial charge in [0.2, 0.25) is 0 Å². The normalized spacial score (nSPS) is 17.4. The first-order chi connectivity index (χ1) is 9.90. The molecule has 0 heterocycles. The van der Waals surface area contributed by atoms with Crippen molar-refractivity contribution < 1.29 is 9.53 Å². The first kappa shape index (κ1) is 15.9. The molecular formula is C18H27NO2. The Bertz CT molecular complexity index is 494. The lowest BCUT2D eigenvalue weighted by Crippen LogP contribution is -2.48. The van der Waals surface area contributed by atoms with Crippen LogP contribution < -0.4 is 4.74 Å². The van der Waals surface area contributed by atoms with Gasteiger partial charge in [-0.25, -0.2) is 0 Å².